The number of alkyl halides is 3. The van der Waals surface area contributed by atoms with Crippen molar-refractivity contribution in [3.05, 3.63) is 0 Å². The average Bonchev–Trinajstić information content (AvgIpc) is 1.91. The van der Waals surface area contributed by atoms with Crippen LogP contribution in [0.25, 0.3) is 0 Å². The first kappa shape index (κ1) is 10.7. The summed E-state index contributed by atoms with van der Waals surface area (Å²) in [6.07, 6.45) is -5.02. The number of halogens is 3. The maximum Gasteiger partial charge on any atom is 0.522 e. The van der Waals surface area contributed by atoms with Crippen LogP contribution in [0.3, 0.4) is 0 Å². The molecule has 0 unspecified atom stereocenters. The molecule has 0 atom stereocenters. The second-order valence-corrected chi connectivity index (χ2v) is 2.87. The molecule has 1 aliphatic carbocycles. The van der Waals surface area contributed by atoms with Crippen LogP contribution in [0.2, 0.25) is 0 Å². The lowest BCUT2D eigenvalue weighted by Crippen LogP contribution is -2.41. The molecule has 0 bridgehead atoms. The summed E-state index contributed by atoms with van der Waals surface area (Å²) in [5.41, 5.74) is 0. The first-order chi connectivity index (χ1) is 6.01. The van der Waals surface area contributed by atoms with Crippen LogP contribution < -0.4 is 0 Å². The van der Waals surface area contributed by atoms with Gasteiger partial charge in [0.15, 0.2) is 0 Å². The third kappa shape index (κ3) is 3.93. The van der Waals surface area contributed by atoms with Gasteiger partial charge in [-0.15, -0.1) is 13.2 Å². The summed E-state index contributed by atoms with van der Waals surface area (Å²) < 4.78 is 43.5. The van der Waals surface area contributed by atoms with Gasteiger partial charge in [-0.1, -0.05) is 0 Å². The topological polar surface area (TPSA) is 38.7 Å². The molecule has 0 spiro atoms. The monoisotopic (exact) mass is 200 g/mol. The Morgan fingerprint density at radius 1 is 1.23 bits per heavy atom. The van der Waals surface area contributed by atoms with Crippen LogP contribution in [0.1, 0.15) is 12.8 Å². The standard InChI is InChI=1S/C7H11F3O3/c8-7(9,10)13-6-3-5(4-6)12-2-1-11/h5-6,11H,1-4H2. The smallest absolute Gasteiger partial charge is 0.394 e. The highest BCUT2D eigenvalue weighted by atomic mass is 19.4. The first-order valence-corrected chi connectivity index (χ1v) is 3.98. The van der Waals surface area contributed by atoms with E-state index >= 15 is 0 Å². The summed E-state index contributed by atoms with van der Waals surface area (Å²) in [6.45, 7) is 0.0602. The van der Waals surface area contributed by atoms with Gasteiger partial charge in [0, 0.05) is 12.8 Å². The Labute approximate surface area is 73.4 Å². The first-order valence-electron chi connectivity index (χ1n) is 3.98. The van der Waals surface area contributed by atoms with E-state index in [-0.39, 0.29) is 32.2 Å². The molecule has 3 nitrogen and oxygen atoms in total. The van der Waals surface area contributed by atoms with E-state index in [9.17, 15) is 13.2 Å². The Bertz CT molecular complexity index is 154. The molecular weight excluding hydrogens is 189 g/mol. The fourth-order valence-corrected chi connectivity index (χ4v) is 1.16. The molecule has 1 saturated carbocycles. The molecule has 1 N–H and O–H groups in total. The number of ether oxygens (including phenoxy) is 2. The summed E-state index contributed by atoms with van der Waals surface area (Å²) in [6, 6.07) is 0. The van der Waals surface area contributed by atoms with E-state index in [1.54, 1.807) is 0 Å². The van der Waals surface area contributed by atoms with Gasteiger partial charge in [0.25, 0.3) is 0 Å². The minimum absolute atomic E-state index is 0.110. The largest absolute Gasteiger partial charge is 0.522 e. The SMILES string of the molecule is OCCOC1CC(OC(F)(F)F)C1. The van der Waals surface area contributed by atoms with Crippen LogP contribution in [0.4, 0.5) is 13.2 Å². The van der Waals surface area contributed by atoms with Gasteiger partial charge in [0.2, 0.25) is 0 Å². The Morgan fingerprint density at radius 2 is 1.85 bits per heavy atom. The third-order valence-electron chi connectivity index (χ3n) is 1.80. The van der Waals surface area contributed by atoms with Crippen LogP contribution in [0, 0.1) is 0 Å². The average molecular weight is 200 g/mol. The van der Waals surface area contributed by atoms with Crippen molar-refractivity contribution >= 4 is 0 Å². The minimum Gasteiger partial charge on any atom is -0.394 e. The predicted molar refractivity (Wildman–Crippen MR) is 37.0 cm³/mol. The van der Waals surface area contributed by atoms with Crippen molar-refractivity contribution in [1.29, 1.82) is 0 Å². The summed E-state index contributed by atoms with van der Waals surface area (Å²) in [5, 5.41) is 8.35. The lowest BCUT2D eigenvalue weighted by Gasteiger charge is -2.34. The van der Waals surface area contributed by atoms with Gasteiger partial charge < -0.3 is 9.84 Å². The number of rotatable bonds is 4. The van der Waals surface area contributed by atoms with Gasteiger partial charge in [-0.2, -0.15) is 0 Å². The fourth-order valence-electron chi connectivity index (χ4n) is 1.16. The zero-order valence-corrected chi connectivity index (χ0v) is 6.88. The van der Waals surface area contributed by atoms with Crippen molar-refractivity contribution in [3.8, 4) is 0 Å². The zero-order valence-electron chi connectivity index (χ0n) is 6.88. The Kier molecular flexibility index (Phi) is 3.52. The van der Waals surface area contributed by atoms with Crippen molar-refractivity contribution in [2.24, 2.45) is 0 Å². The lowest BCUT2D eigenvalue weighted by molar-refractivity contribution is -0.357. The predicted octanol–water partition coefficient (Wildman–Crippen LogP) is 1.06. The van der Waals surface area contributed by atoms with Gasteiger partial charge in [0.1, 0.15) is 0 Å². The highest BCUT2D eigenvalue weighted by Crippen LogP contribution is 2.31. The summed E-state index contributed by atoms with van der Waals surface area (Å²) in [7, 11) is 0. The van der Waals surface area contributed by atoms with Crippen molar-refractivity contribution in [1.82, 2.24) is 0 Å². The van der Waals surface area contributed by atoms with Crippen LogP contribution >= 0.6 is 0 Å². The highest BCUT2D eigenvalue weighted by molar-refractivity contribution is 4.81. The van der Waals surface area contributed by atoms with Crippen molar-refractivity contribution in [2.75, 3.05) is 13.2 Å². The lowest BCUT2D eigenvalue weighted by atomic mass is 9.92. The Morgan fingerprint density at radius 3 is 2.31 bits per heavy atom. The number of aliphatic hydroxyl groups is 1. The molecule has 13 heavy (non-hydrogen) atoms. The normalized spacial score (nSPS) is 28.6. The molecule has 0 aromatic carbocycles. The molecule has 1 fully saturated rings. The van der Waals surface area contributed by atoms with E-state index < -0.39 is 12.5 Å². The number of hydrogen-bond acceptors (Lipinski definition) is 3. The molecule has 0 amide bonds. The fraction of sp³-hybridized carbons (Fsp3) is 1.00. The molecule has 1 aliphatic rings. The molecule has 0 aliphatic heterocycles. The Hall–Kier alpha value is -0.330. The third-order valence-corrected chi connectivity index (χ3v) is 1.80. The van der Waals surface area contributed by atoms with Crippen molar-refractivity contribution in [3.63, 3.8) is 0 Å². The molecule has 0 saturated heterocycles. The quantitative estimate of drug-likeness (QED) is 0.737. The van der Waals surface area contributed by atoms with Crippen molar-refractivity contribution in [2.45, 2.75) is 31.4 Å². The molecule has 0 radical (unpaired) electrons. The molecule has 0 aromatic rings. The summed E-state index contributed by atoms with van der Waals surface area (Å²) in [4.78, 5) is 0. The second-order valence-electron chi connectivity index (χ2n) is 2.87. The Balaban J connectivity index is 2.05. The van der Waals surface area contributed by atoms with Gasteiger partial charge in [-0.05, 0) is 0 Å². The van der Waals surface area contributed by atoms with E-state index in [2.05, 4.69) is 4.74 Å². The van der Waals surface area contributed by atoms with Gasteiger partial charge in [-0.3, -0.25) is 4.74 Å². The maximum absolute atomic E-state index is 11.6. The molecule has 0 aromatic heterocycles. The van der Waals surface area contributed by atoms with Crippen LogP contribution in [-0.4, -0.2) is 36.9 Å². The highest BCUT2D eigenvalue weighted by Gasteiger charge is 2.40. The van der Waals surface area contributed by atoms with E-state index in [4.69, 9.17) is 9.84 Å². The molecule has 78 valence electrons. The van der Waals surface area contributed by atoms with E-state index in [1.807, 2.05) is 0 Å². The summed E-state index contributed by atoms with van der Waals surface area (Å²) in [5.74, 6) is 0. The van der Waals surface area contributed by atoms with Gasteiger partial charge in [-0.25, -0.2) is 0 Å². The van der Waals surface area contributed by atoms with Crippen LogP contribution in [0.15, 0.2) is 0 Å². The van der Waals surface area contributed by atoms with E-state index in [0.29, 0.717) is 0 Å². The van der Waals surface area contributed by atoms with Crippen LogP contribution in [-0.2, 0) is 9.47 Å². The molecule has 0 heterocycles. The maximum atomic E-state index is 11.6. The van der Waals surface area contributed by atoms with Gasteiger partial charge >= 0.3 is 6.36 Å². The van der Waals surface area contributed by atoms with Crippen molar-refractivity contribution < 1.29 is 27.8 Å². The molecule has 6 heteroatoms. The minimum atomic E-state index is -4.55. The molecular formula is C7H11F3O3. The zero-order chi connectivity index (χ0) is 9.90. The van der Waals surface area contributed by atoms with Gasteiger partial charge in [0.05, 0.1) is 25.4 Å². The molecule has 1 rings (SSSR count). The second kappa shape index (κ2) is 4.26. The summed E-state index contributed by atoms with van der Waals surface area (Å²) >= 11 is 0. The number of aliphatic hydroxyl groups excluding tert-OH is 1. The number of hydrogen-bond donors (Lipinski definition) is 1. The van der Waals surface area contributed by atoms with E-state index in [0.717, 1.165) is 0 Å². The van der Waals surface area contributed by atoms with Crippen LogP contribution in [0.5, 0.6) is 0 Å². The van der Waals surface area contributed by atoms with E-state index in [1.165, 1.54) is 0 Å².